The van der Waals surface area contributed by atoms with Gasteiger partial charge < -0.3 is 69.4 Å². The van der Waals surface area contributed by atoms with E-state index in [4.69, 9.17) is 17.2 Å². The third kappa shape index (κ3) is 19.2. The number of nitrogens with two attached hydrogens (primary N) is 3. The number of carbonyl (C=O) groups is 9. The van der Waals surface area contributed by atoms with Crippen molar-refractivity contribution in [3.8, 4) is 0 Å². The fourth-order valence-electron chi connectivity index (χ4n) is 7.15. The molecule has 0 spiro atoms. The number of carbonyl (C=O) groups excluding carboxylic acids is 8. The number of amides is 8. The van der Waals surface area contributed by atoms with Crippen molar-refractivity contribution in [1.29, 1.82) is 0 Å². The lowest BCUT2D eigenvalue weighted by molar-refractivity contribution is -0.142. The maximum atomic E-state index is 14.3. The summed E-state index contributed by atoms with van der Waals surface area (Å²) in [6.07, 6.45) is 3.76. The van der Waals surface area contributed by atoms with Gasteiger partial charge >= 0.3 is 5.97 Å². The Morgan fingerprint density at radius 3 is 2.07 bits per heavy atom. The van der Waals surface area contributed by atoms with E-state index in [0.717, 1.165) is 0 Å². The summed E-state index contributed by atoms with van der Waals surface area (Å²) in [6.45, 7) is 4.74. The highest BCUT2D eigenvalue weighted by molar-refractivity contribution is 7.80. The van der Waals surface area contributed by atoms with Crippen LogP contribution in [0.15, 0.2) is 47.8 Å². The zero-order valence-electron chi connectivity index (χ0n) is 38.8. The number of imidazole rings is 1. The van der Waals surface area contributed by atoms with E-state index in [1.54, 1.807) is 30.3 Å². The number of likely N-dealkylation sites (tertiary alicyclic amines) is 1. The van der Waals surface area contributed by atoms with Crippen LogP contribution < -0.4 is 54.4 Å². The van der Waals surface area contributed by atoms with E-state index in [1.807, 2.05) is 13.8 Å². The van der Waals surface area contributed by atoms with Crippen molar-refractivity contribution >= 4 is 84.4 Å². The van der Waals surface area contributed by atoms with Crippen molar-refractivity contribution in [1.82, 2.24) is 52.1 Å². The topological polar surface area (TPSA) is 380 Å². The molecule has 1 aromatic heterocycles. The molecule has 3 rings (SSSR count). The lowest BCUT2D eigenvalue weighted by Crippen LogP contribution is -2.59. The smallest absolute Gasteiger partial charge is 0.327 e. The van der Waals surface area contributed by atoms with Crippen molar-refractivity contribution in [2.45, 2.75) is 114 Å². The first-order valence-electron chi connectivity index (χ1n) is 22.4. The van der Waals surface area contributed by atoms with Gasteiger partial charge in [-0.25, -0.2) is 9.78 Å². The van der Waals surface area contributed by atoms with Gasteiger partial charge in [-0.1, -0.05) is 44.2 Å². The number of aromatic amines is 1. The molecule has 1 aliphatic heterocycles. The summed E-state index contributed by atoms with van der Waals surface area (Å²) in [4.78, 5) is 132. The summed E-state index contributed by atoms with van der Waals surface area (Å²) in [5.41, 5.74) is 17.8. The molecule has 0 unspecified atom stereocenters. The molecule has 1 saturated heterocycles. The second-order valence-corrected chi connectivity index (χ2v) is 17.6. The van der Waals surface area contributed by atoms with E-state index >= 15 is 0 Å². The Bertz CT molecular complexity index is 2090. The molecule has 8 amide bonds. The molecule has 1 aromatic carbocycles. The highest BCUT2D eigenvalue weighted by atomic mass is 32.1. The molecule has 380 valence electrons. The van der Waals surface area contributed by atoms with E-state index in [-0.39, 0.29) is 75.0 Å². The van der Waals surface area contributed by atoms with Gasteiger partial charge in [0.05, 0.1) is 18.9 Å². The summed E-state index contributed by atoms with van der Waals surface area (Å²) < 4.78 is 0. The van der Waals surface area contributed by atoms with Crippen LogP contribution in [0.5, 0.6) is 0 Å². The third-order valence-electron chi connectivity index (χ3n) is 10.8. The number of aliphatic carboxylic acids is 1. The number of benzene rings is 1. The standard InChI is InChI=1S/C43H66N14O10S2/c1-23(2)15-29(54-36(60)27(44)20-68)37(61)49-19-34(58)52-28(11-7-13-48-43(45)46)41(65)57-14-8-12-33(57)40(64)55-30(16-25-9-5-4-6-10-25)38(62)51-24(3)35(59)53-31(17-26-18-47-22-50-26)39(63)56-32(21-69)42(66)67/h4-6,9-10,18,22-24,27-33,68-69H,7-8,11-17,19-21,44H2,1-3H3,(H,47,50)(H,49,61)(H,51,62)(H,52,58)(H,53,59)(H,54,60)(H,55,64)(H,56,63)(H,66,67)(H4,45,46,48)/t24-,27-,28-,29-,30-,31-,32-,33-/m0/s1. The first kappa shape index (κ1) is 56.9. The number of carboxylic acids is 1. The molecule has 8 atom stereocenters. The van der Waals surface area contributed by atoms with E-state index in [9.17, 15) is 48.3 Å². The highest BCUT2D eigenvalue weighted by Gasteiger charge is 2.39. The van der Waals surface area contributed by atoms with Crippen molar-refractivity contribution in [3.63, 3.8) is 0 Å². The number of aliphatic imine (C=N–C) groups is 1. The average Bonchev–Trinajstić information content (AvgIpc) is 4.03. The second kappa shape index (κ2) is 28.8. The van der Waals surface area contributed by atoms with Gasteiger partial charge in [-0.05, 0) is 50.5 Å². The Hall–Kier alpha value is -6.41. The van der Waals surface area contributed by atoms with Gasteiger partial charge in [-0.15, -0.1) is 0 Å². The van der Waals surface area contributed by atoms with Gasteiger partial charge in [0.1, 0.15) is 42.3 Å². The van der Waals surface area contributed by atoms with E-state index in [1.165, 1.54) is 24.3 Å². The Labute approximate surface area is 410 Å². The largest absolute Gasteiger partial charge is 0.480 e. The number of nitrogens with zero attached hydrogens (tertiary/aromatic N) is 3. The van der Waals surface area contributed by atoms with Crippen LogP contribution in [0.3, 0.4) is 0 Å². The van der Waals surface area contributed by atoms with Crippen molar-refractivity contribution in [2.75, 3.05) is 31.1 Å². The Kier molecular flexibility index (Phi) is 23.8. The van der Waals surface area contributed by atoms with Crippen LogP contribution in [0.4, 0.5) is 0 Å². The summed E-state index contributed by atoms with van der Waals surface area (Å²) in [6, 6.07) is -0.749. The molecule has 0 radical (unpaired) electrons. The minimum Gasteiger partial charge on any atom is -0.480 e. The predicted octanol–water partition coefficient (Wildman–Crippen LogP) is -3.40. The molecule has 0 bridgehead atoms. The van der Waals surface area contributed by atoms with Crippen molar-refractivity contribution in [3.05, 3.63) is 54.1 Å². The van der Waals surface area contributed by atoms with Crippen LogP contribution in [0, 0.1) is 5.92 Å². The molecule has 26 heteroatoms. The number of nitrogens with one attached hydrogen (secondary N) is 8. The molecule has 69 heavy (non-hydrogen) atoms. The normalized spacial score (nSPS) is 16.3. The summed E-state index contributed by atoms with van der Waals surface area (Å²) in [5, 5.41) is 27.4. The highest BCUT2D eigenvalue weighted by Crippen LogP contribution is 2.21. The number of hydrogen-bond acceptors (Lipinski definition) is 14. The Balaban J connectivity index is 1.78. The minimum atomic E-state index is -1.35. The number of rotatable bonds is 28. The van der Waals surface area contributed by atoms with Gasteiger partial charge in [0, 0.05) is 49.3 Å². The minimum absolute atomic E-state index is 0.0166. The average molecular weight is 1000 g/mol. The fourth-order valence-corrected chi connectivity index (χ4v) is 7.56. The maximum Gasteiger partial charge on any atom is 0.327 e. The number of aromatic nitrogens is 2. The zero-order chi connectivity index (χ0) is 51.2. The van der Waals surface area contributed by atoms with Crippen LogP contribution in [0.1, 0.15) is 64.1 Å². The van der Waals surface area contributed by atoms with Crippen LogP contribution in [-0.4, -0.2) is 159 Å². The predicted molar refractivity (Wildman–Crippen MR) is 260 cm³/mol. The molecule has 24 nitrogen and oxygen atoms in total. The van der Waals surface area contributed by atoms with Crippen LogP contribution in [0.2, 0.25) is 0 Å². The number of H-pyrrole nitrogens is 1. The molecule has 1 fully saturated rings. The number of hydrogen-bond donors (Lipinski definition) is 14. The van der Waals surface area contributed by atoms with Crippen LogP contribution >= 0.6 is 25.3 Å². The molecule has 1 aliphatic rings. The molecule has 15 N–H and O–H groups in total. The first-order valence-corrected chi connectivity index (χ1v) is 23.7. The van der Waals surface area contributed by atoms with E-state index in [2.05, 4.69) is 77.4 Å². The monoisotopic (exact) mass is 1000 g/mol. The summed E-state index contributed by atoms with van der Waals surface area (Å²) in [5.74, 6) is -7.39. The number of thiol groups is 2. The van der Waals surface area contributed by atoms with Gasteiger partial charge in [-0.2, -0.15) is 25.3 Å². The van der Waals surface area contributed by atoms with Gasteiger partial charge in [0.25, 0.3) is 0 Å². The molecule has 2 heterocycles. The third-order valence-corrected chi connectivity index (χ3v) is 11.5. The van der Waals surface area contributed by atoms with Gasteiger partial charge in [0.2, 0.25) is 47.3 Å². The maximum absolute atomic E-state index is 14.3. The Morgan fingerprint density at radius 2 is 1.46 bits per heavy atom. The second-order valence-electron chi connectivity index (χ2n) is 16.9. The van der Waals surface area contributed by atoms with Gasteiger partial charge in [0.15, 0.2) is 5.96 Å². The van der Waals surface area contributed by atoms with Gasteiger partial charge in [-0.3, -0.25) is 43.3 Å². The fraction of sp³-hybridized carbons (Fsp3) is 0.558. The molecule has 0 aliphatic carbocycles. The number of guanidine groups is 1. The van der Waals surface area contributed by atoms with Crippen LogP contribution in [0.25, 0.3) is 0 Å². The molecule has 0 saturated carbocycles. The Morgan fingerprint density at radius 1 is 0.812 bits per heavy atom. The first-order chi connectivity index (χ1) is 32.7. The summed E-state index contributed by atoms with van der Waals surface area (Å²) in [7, 11) is 0. The molecule has 2 aromatic rings. The van der Waals surface area contributed by atoms with Crippen LogP contribution in [-0.2, 0) is 56.0 Å². The summed E-state index contributed by atoms with van der Waals surface area (Å²) >= 11 is 8.01. The SMILES string of the molecule is CC(C)C[C@H](NC(=O)[C@@H](N)CS)C(=O)NCC(=O)N[C@@H](CCCN=C(N)N)C(=O)N1CCC[C@H]1C(=O)N[C@@H](Cc1ccccc1)C(=O)N[C@@H](C)C(=O)N[C@@H](Cc1cnc[nH]1)C(=O)N[C@@H](CS)C(=O)O. The number of carboxylic acid groups (broad SMARTS) is 1. The van der Waals surface area contributed by atoms with Crippen molar-refractivity contribution in [2.24, 2.45) is 28.1 Å². The zero-order valence-corrected chi connectivity index (χ0v) is 40.6. The van der Waals surface area contributed by atoms with E-state index in [0.29, 0.717) is 17.7 Å². The molecular weight excluding hydrogens is 937 g/mol. The lowest BCUT2D eigenvalue weighted by atomic mass is 10.0. The quantitative estimate of drug-likeness (QED) is 0.0171. The lowest BCUT2D eigenvalue weighted by Gasteiger charge is -2.30. The molecular formula is C43H66N14O10S2. The van der Waals surface area contributed by atoms with Crippen molar-refractivity contribution < 1.29 is 48.3 Å². The van der Waals surface area contributed by atoms with E-state index < -0.39 is 108 Å².